The van der Waals surface area contributed by atoms with E-state index in [9.17, 15) is 0 Å². The van der Waals surface area contributed by atoms with Crippen LogP contribution in [0.25, 0.3) is 0 Å². The maximum Gasteiger partial charge on any atom is 0.207 e. The quantitative estimate of drug-likeness (QED) is 0.822. The number of unbranched alkanes of at least 4 members (excludes halogenated alkanes) is 1. The fourth-order valence-electron chi connectivity index (χ4n) is 2.05. The van der Waals surface area contributed by atoms with Crippen molar-refractivity contribution in [3.8, 4) is 0 Å². The van der Waals surface area contributed by atoms with Crippen LogP contribution in [0.4, 0.5) is 11.6 Å². The highest BCUT2D eigenvalue weighted by atomic mass is 15.2. The lowest BCUT2D eigenvalue weighted by atomic mass is 10.0. The van der Waals surface area contributed by atoms with Gasteiger partial charge >= 0.3 is 0 Å². The average Bonchev–Trinajstić information content (AvgIpc) is 2.84. The van der Waals surface area contributed by atoms with Gasteiger partial charge in [-0.15, -0.1) is 0 Å². The van der Waals surface area contributed by atoms with Crippen LogP contribution in [0.5, 0.6) is 0 Å². The van der Waals surface area contributed by atoms with E-state index < -0.39 is 0 Å². The van der Waals surface area contributed by atoms with E-state index in [0.717, 1.165) is 18.2 Å². The normalized spacial score (nSPS) is 10.9. The molecular formula is C16H23N3. The van der Waals surface area contributed by atoms with Gasteiger partial charge in [0, 0.05) is 24.6 Å². The first-order valence-electron chi connectivity index (χ1n) is 7.09. The van der Waals surface area contributed by atoms with Gasteiger partial charge in [0.25, 0.3) is 0 Å². The van der Waals surface area contributed by atoms with Crippen molar-refractivity contribution in [1.29, 1.82) is 0 Å². The minimum Gasteiger partial charge on any atom is -0.326 e. The Labute approximate surface area is 115 Å². The highest BCUT2D eigenvalue weighted by Crippen LogP contribution is 2.21. The summed E-state index contributed by atoms with van der Waals surface area (Å²) in [5.74, 6) is 1.47. The average molecular weight is 257 g/mol. The van der Waals surface area contributed by atoms with Crippen molar-refractivity contribution in [3.05, 3.63) is 42.2 Å². The third kappa shape index (κ3) is 3.60. The minimum absolute atomic E-state index is 0.543. The van der Waals surface area contributed by atoms with E-state index in [1.54, 1.807) is 0 Å². The summed E-state index contributed by atoms with van der Waals surface area (Å²) in [6.45, 7) is 7.64. The zero-order chi connectivity index (χ0) is 13.7. The smallest absolute Gasteiger partial charge is 0.207 e. The molecule has 2 aromatic rings. The standard InChI is InChI=1S/C16H23N3/c1-4-5-10-19-11-9-17-16(19)18-15-8-6-7-14(12-15)13(2)3/h6-9,11-13H,4-5,10H2,1-3H3,(H,17,18). The van der Waals surface area contributed by atoms with Crippen LogP contribution in [0.15, 0.2) is 36.7 Å². The number of benzene rings is 1. The van der Waals surface area contributed by atoms with Crippen LogP contribution < -0.4 is 5.32 Å². The van der Waals surface area contributed by atoms with Crippen LogP contribution in [0.3, 0.4) is 0 Å². The number of nitrogens with zero attached hydrogens (tertiary/aromatic N) is 2. The molecule has 102 valence electrons. The second-order valence-corrected chi connectivity index (χ2v) is 5.20. The van der Waals surface area contributed by atoms with Gasteiger partial charge in [-0.25, -0.2) is 4.98 Å². The summed E-state index contributed by atoms with van der Waals surface area (Å²) < 4.78 is 2.17. The number of rotatable bonds is 6. The molecule has 0 saturated carbocycles. The van der Waals surface area contributed by atoms with Crippen molar-refractivity contribution in [2.24, 2.45) is 0 Å². The summed E-state index contributed by atoms with van der Waals surface area (Å²) >= 11 is 0. The van der Waals surface area contributed by atoms with E-state index in [2.05, 4.69) is 59.9 Å². The van der Waals surface area contributed by atoms with Gasteiger partial charge in [0.15, 0.2) is 0 Å². The van der Waals surface area contributed by atoms with E-state index in [4.69, 9.17) is 0 Å². The maximum atomic E-state index is 4.39. The summed E-state index contributed by atoms with van der Waals surface area (Å²) in [6.07, 6.45) is 6.26. The Morgan fingerprint density at radius 1 is 1.32 bits per heavy atom. The number of hydrogen-bond donors (Lipinski definition) is 1. The Morgan fingerprint density at radius 2 is 2.16 bits per heavy atom. The van der Waals surface area contributed by atoms with Gasteiger partial charge < -0.3 is 9.88 Å². The Hall–Kier alpha value is -1.77. The molecule has 0 aliphatic carbocycles. The minimum atomic E-state index is 0.543. The zero-order valence-corrected chi connectivity index (χ0v) is 12.1. The number of anilines is 2. The number of hydrogen-bond acceptors (Lipinski definition) is 2. The van der Waals surface area contributed by atoms with Crippen molar-refractivity contribution in [2.75, 3.05) is 5.32 Å². The van der Waals surface area contributed by atoms with E-state index in [0.29, 0.717) is 5.92 Å². The molecule has 3 heteroatoms. The van der Waals surface area contributed by atoms with Crippen LogP contribution in [0.1, 0.15) is 45.1 Å². The zero-order valence-electron chi connectivity index (χ0n) is 12.1. The molecule has 0 amide bonds. The van der Waals surface area contributed by atoms with Crippen LogP contribution in [0.2, 0.25) is 0 Å². The fraction of sp³-hybridized carbons (Fsp3) is 0.438. The monoisotopic (exact) mass is 257 g/mol. The first-order valence-corrected chi connectivity index (χ1v) is 7.09. The first-order chi connectivity index (χ1) is 9.20. The van der Waals surface area contributed by atoms with Gasteiger partial charge in [-0.1, -0.05) is 39.3 Å². The van der Waals surface area contributed by atoms with Gasteiger partial charge in [0.05, 0.1) is 0 Å². The first kappa shape index (κ1) is 13.7. The lowest BCUT2D eigenvalue weighted by molar-refractivity contribution is 0.638. The molecule has 1 N–H and O–H groups in total. The van der Waals surface area contributed by atoms with Crippen LogP contribution >= 0.6 is 0 Å². The lowest BCUT2D eigenvalue weighted by Crippen LogP contribution is -2.03. The molecule has 19 heavy (non-hydrogen) atoms. The van der Waals surface area contributed by atoms with E-state index >= 15 is 0 Å². The lowest BCUT2D eigenvalue weighted by Gasteiger charge is -2.11. The van der Waals surface area contributed by atoms with Crippen molar-refractivity contribution < 1.29 is 0 Å². The second kappa shape index (κ2) is 6.41. The Balaban J connectivity index is 2.12. The van der Waals surface area contributed by atoms with E-state index in [1.165, 1.54) is 18.4 Å². The topological polar surface area (TPSA) is 29.9 Å². The fourth-order valence-corrected chi connectivity index (χ4v) is 2.05. The van der Waals surface area contributed by atoms with E-state index in [1.807, 2.05) is 12.4 Å². The molecule has 0 bridgehead atoms. The number of nitrogens with one attached hydrogen (secondary N) is 1. The summed E-state index contributed by atoms with van der Waals surface area (Å²) in [6, 6.07) is 8.55. The Kier molecular flexibility index (Phi) is 4.61. The van der Waals surface area contributed by atoms with Gasteiger partial charge in [0.2, 0.25) is 5.95 Å². The molecule has 0 fully saturated rings. The number of aromatic nitrogens is 2. The Bertz CT molecular complexity index is 514. The maximum absolute atomic E-state index is 4.39. The van der Waals surface area contributed by atoms with Crippen molar-refractivity contribution in [3.63, 3.8) is 0 Å². The molecule has 0 saturated heterocycles. The molecule has 1 aromatic carbocycles. The molecule has 0 atom stereocenters. The highest BCUT2D eigenvalue weighted by molar-refractivity contribution is 5.55. The predicted octanol–water partition coefficient (Wildman–Crippen LogP) is 4.55. The van der Waals surface area contributed by atoms with Crippen LogP contribution in [-0.2, 0) is 6.54 Å². The summed E-state index contributed by atoms with van der Waals surface area (Å²) in [5, 5.41) is 3.41. The molecule has 0 aliphatic heterocycles. The van der Waals surface area contributed by atoms with Gasteiger partial charge in [-0.3, -0.25) is 0 Å². The molecule has 0 radical (unpaired) electrons. The Morgan fingerprint density at radius 3 is 2.89 bits per heavy atom. The van der Waals surface area contributed by atoms with Gasteiger partial charge in [-0.05, 0) is 30.0 Å². The molecular weight excluding hydrogens is 234 g/mol. The van der Waals surface area contributed by atoms with Crippen molar-refractivity contribution >= 4 is 11.6 Å². The van der Waals surface area contributed by atoms with E-state index in [-0.39, 0.29) is 0 Å². The molecule has 0 spiro atoms. The summed E-state index contributed by atoms with van der Waals surface area (Å²) in [5.41, 5.74) is 2.45. The third-order valence-corrected chi connectivity index (χ3v) is 3.28. The molecule has 1 aromatic heterocycles. The number of aryl methyl sites for hydroxylation is 1. The van der Waals surface area contributed by atoms with Crippen molar-refractivity contribution in [2.45, 2.75) is 46.1 Å². The van der Waals surface area contributed by atoms with Crippen LogP contribution in [-0.4, -0.2) is 9.55 Å². The summed E-state index contributed by atoms with van der Waals surface area (Å²) in [7, 11) is 0. The highest BCUT2D eigenvalue weighted by Gasteiger charge is 2.04. The van der Waals surface area contributed by atoms with Gasteiger partial charge in [0.1, 0.15) is 0 Å². The molecule has 1 heterocycles. The van der Waals surface area contributed by atoms with Crippen LogP contribution in [0, 0.1) is 0 Å². The molecule has 0 unspecified atom stereocenters. The molecule has 0 aliphatic rings. The summed E-state index contributed by atoms with van der Waals surface area (Å²) in [4.78, 5) is 4.39. The second-order valence-electron chi connectivity index (χ2n) is 5.20. The van der Waals surface area contributed by atoms with Gasteiger partial charge in [-0.2, -0.15) is 0 Å². The SMILES string of the molecule is CCCCn1ccnc1Nc1cccc(C(C)C)c1. The molecule has 3 nitrogen and oxygen atoms in total. The third-order valence-electron chi connectivity index (χ3n) is 3.28. The van der Waals surface area contributed by atoms with Crippen molar-refractivity contribution in [1.82, 2.24) is 9.55 Å². The molecule has 2 rings (SSSR count). The largest absolute Gasteiger partial charge is 0.326 e. The predicted molar refractivity (Wildman–Crippen MR) is 80.9 cm³/mol. The number of imidazole rings is 1.